The van der Waals surface area contributed by atoms with Crippen molar-refractivity contribution in [3.05, 3.63) is 95.6 Å². The highest BCUT2D eigenvalue weighted by atomic mass is 19.4. The molecule has 0 aliphatic carbocycles. The third-order valence-corrected chi connectivity index (χ3v) is 5.49. The molecule has 3 aromatic heterocycles. The van der Waals surface area contributed by atoms with Gasteiger partial charge in [-0.2, -0.15) is 13.2 Å². The second-order valence-electron chi connectivity index (χ2n) is 8.14. The van der Waals surface area contributed by atoms with Crippen LogP contribution >= 0.6 is 0 Å². The second-order valence-corrected chi connectivity index (χ2v) is 8.14. The lowest BCUT2D eigenvalue weighted by Crippen LogP contribution is -2.23. The van der Waals surface area contributed by atoms with Gasteiger partial charge in [-0.3, -0.25) is 9.78 Å². The van der Waals surface area contributed by atoms with E-state index in [1.54, 1.807) is 12.3 Å². The number of carboxylic acid groups (broad SMARTS) is 1. The fraction of sp³-hybridized carbons (Fsp3) is 0.154. The average molecular weight is 522 g/mol. The van der Waals surface area contributed by atoms with Crippen molar-refractivity contribution in [3.8, 4) is 0 Å². The Bertz CT molecular complexity index is 1590. The molecule has 5 aromatic rings. The number of carbonyl (C=O) groups is 2. The first kappa shape index (κ1) is 26.2. The van der Waals surface area contributed by atoms with Gasteiger partial charge in [0.2, 0.25) is 5.65 Å². The SMILES string of the molecule is Cc1nc2nnc3ccc(C(=O)NCc4ccccn4)cc3c2n1Cc1ccccc1.O=C(O)C(F)(F)F. The third kappa shape index (κ3) is 6.09. The van der Waals surface area contributed by atoms with E-state index in [0.29, 0.717) is 24.3 Å². The lowest BCUT2D eigenvalue weighted by molar-refractivity contribution is -0.192. The van der Waals surface area contributed by atoms with E-state index < -0.39 is 12.1 Å². The summed E-state index contributed by atoms with van der Waals surface area (Å²) >= 11 is 0. The second kappa shape index (κ2) is 11.0. The zero-order valence-corrected chi connectivity index (χ0v) is 20.0. The van der Waals surface area contributed by atoms with Crippen LogP contribution in [-0.2, 0) is 17.9 Å². The van der Waals surface area contributed by atoms with Crippen molar-refractivity contribution in [2.45, 2.75) is 26.2 Å². The van der Waals surface area contributed by atoms with Crippen molar-refractivity contribution < 1.29 is 27.9 Å². The number of fused-ring (bicyclic) bond motifs is 3. The predicted octanol–water partition coefficient (Wildman–Crippen LogP) is 4.29. The summed E-state index contributed by atoms with van der Waals surface area (Å²) < 4.78 is 33.9. The van der Waals surface area contributed by atoms with E-state index in [2.05, 4.69) is 42.2 Å². The molecule has 0 radical (unpaired) electrons. The summed E-state index contributed by atoms with van der Waals surface area (Å²) in [5.41, 5.74) is 4.71. The number of aromatic nitrogens is 5. The summed E-state index contributed by atoms with van der Waals surface area (Å²) in [7, 11) is 0. The van der Waals surface area contributed by atoms with E-state index in [1.807, 2.05) is 55.5 Å². The van der Waals surface area contributed by atoms with Gasteiger partial charge in [-0.1, -0.05) is 36.4 Å². The van der Waals surface area contributed by atoms with Gasteiger partial charge < -0.3 is 15.0 Å². The van der Waals surface area contributed by atoms with Gasteiger partial charge in [0.15, 0.2) is 0 Å². The van der Waals surface area contributed by atoms with Crippen molar-refractivity contribution in [1.29, 1.82) is 0 Å². The van der Waals surface area contributed by atoms with Gasteiger partial charge in [-0.25, -0.2) is 9.78 Å². The van der Waals surface area contributed by atoms with Gasteiger partial charge in [-0.05, 0) is 42.8 Å². The number of rotatable bonds is 5. The summed E-state index contributed by atoms with van der Waals surface area (Å²) in [5.74, 6) is -2.07. The van der Waals surface area contributed by atoms with Gasteiger partial charge in [0.1, 0.15) is 5.82 Å². The normalized spacial score (nSPS) is 11.2. The minimum absolute atomic E-state index is 0.164. The first-order chi connectivity index (χ1) is 18.1. The summed E-state index contributed by atoms with van der Waals surface area (Å²) in [6.07, 6.45) is -3.37. The van der Waals surface area contributed by atoms with Gasteiger partial charge in [0, 0.05) is 23.7 Å². The van der Waals surface area contributed by atoms with E-state index in [1.165, 1.54) is 5.56 Å². The summed E-state index contributed by atoms with van der Waals surface area (Å²) in [5, 5.41) is 19.5. The molecule has 3 heterocycles. The minimum Gasteiger partial charge on any atom is -0.475 e. The van der Waals surface area contributed by atoms with Crippen LogP contribution in [0.2, 0.25) is 0 Å². The number of halogens is 3. The Hall–Kier alpha value is -4.87. The van der Waals surface area contributed by atoms with Crippen LogP contribution in [0.5, 0.6) is 0 Å². The molecular formula is C26H21F3N6O3. The zero-order chi connectivity index (χ0) is 27.3. The number of aryl methyl sites for hydroxylation is 1. The van der Waals surface area contributed by atoms with E-state index in [0.717, 1.165) is 27.9 Å². The number of benzene rings is 2. The van der Waals surface area contributed by atoms with Gasteiger partial charge in [-0.15, -0.1) is 10.2 Å². The van der Waals surface area contributed by atoms with Crippen LogP contribution in [0.3, 0.4) is 0 Å². The first-order valence-corrected chi connectivity index (χ1v) is 11.3. The topological polar surface area (TPSA) is 123 Å². The Labute approximate surface area is 214 Å². The van der Waals surface area contributed by atoms with Gasteiger partial charge in [0.05, 0.1) is 23.3 Å². The number of pyridine rings is 1. The van der Waals surface area contributed by atoms with Gasteiger partial charge >= 0.3 is 12.1 Å². The van der Waals surface area contributed by atoms with Crippen LogP contribution in [0.1, 0.15) is 27.4 Å². The molecule has 0 unspecified atom stereocenters. The molecule has 194 valence electrons. The Morgan fingerprint density at radius 2 is 1.71 bits per heavy atom. The number of alkyl halides is 3. The van der Waals surface area contributed by atoms with Gasteiger partial charge in [0.25, 0.3) is 5.91 Å². The number of imidazole rings is 1. The molecule has 5 rings (SSSR count). The van der Waals surface area contributed by atoms with Crippen molar-refractivity contribution in [2.75, 3.05) is 0 Å². The molecule has 2 aromatic carbocycles. The van der Waals surface area contributed by atoms with Crippen molar-refractivity contribution >= 4 is 33.9 Å². The maximum atomic E-state index is 12.8. The number of amides is 1. The fourth-order valence-electron chi connectivity index (χ4n) is 3.68. The molecule has 9 nitrogen and oxygen atoms in total. The number of nitrogens with zero attached hydrogens (tertiary/aromatic N) is 5. The lowest BCUT2D eigenvalue weighted by Gasteiger charge is -2.10. The molecule has 0 aliphatic heterocycles. The molecule has 1 amide bonds. The zero-order valence-electron chi connectivity index (χ0n) is 20.0. The molecule has 2 N–H and O–H groups in total. The third-order valence-electron chi connectivity index (χ3n) is 5.49. The highest BCUT2D eigenvalue weighted by Crippen LogP contribution is 2.25. The number of hydrogen-bond acceptors (Lipinski definition) is 6. The number of carboxylic acids is 1. The van der Waals surface area contributed by atoms with E-state index in [4.69, 9.17) is 9.90 Å². The highest BCUT2D eigenvalue weighted by molar-refractivity contribution is 6.05. The van der Waals surface area contributed by atoms with Crippen LogP contribution in [0.25, 0.3) is 22.1 Å². The summed E-state index contributed by atoms with van der Waals surface area (Å²) in [6, 6.07) is 21.3. The minimum atomic E-state index is -5.08. The molecule has 0 spiro atoms. The van der Waals surface area contributed by atoms with Crippen molar-refractivity contribution in [3.63, 3.8) is 0 Å². The Morgan fingerprint density at radius 1 is 1.00 bits per heavy atom. The maximum Gasteiger partial charge on any atom is 0.490 e. The van der Waals surface area contributed by atoms with Crippen LogP contribution in [0.4, 0.5) is 13.2 Å². The number of carbonyl (C=O) groups excluding carboxylic acids is 1. The van der Waals surface area contributed by atoms with E-state index >= 15 is 0 Å². The molecule has 12 heteroatoms. The molecule has 0 fully saturated rings. The maximum absolute atomic E-state index is 12.8. The van der Waals surface area contributed by atoms with Crippen LogP contribution in [0, 0.1) is 6.92 Å². The van der Waals surface area contributed by atoms with Crippen molar-refractivity contribution in [2.24, 2.45) is 0 Å². The summed E-state index contributed by atoms with van der Waals surface area (Å²) in [4.78, 5) is 30.5. The van der Waals surface area contributed by atoms with Crippen LogP contribution in [0.15, 0.2) is 72.9 Å². The highest BCUT2D eigenvalue weighted by Gasteiger charge is 2.38. The molecule has 38 heavy (non-hydrogen) atoms. The molecule has 0 saturated heterocycles. The van der Waals surface area contributed by atoms with E-state index in [-0.39, 0.29) is 5.91 Å². The number of aliphatic carboxylic acids is 1. The quantitative estimate of drug-likeness (QED) is 0.353. The lowest BCUT2D eigenvalue weighted by atomic mass is 10.1. The molecule has 0 atom stereocenters. The standard InChI is InChI=1S/C24H20N6O.C2HF3O2/c1-16-27-23-22(30(16)15-17-7-3-2-4-8-17)20-13-18(10-11-21(20)28-29-23)24(31)26-14-19-9-5-6-12-25-19;3-2(4,5)1(6)7/h2-13H,14-15H2,1H3,(H,26,31);(H,6,7). The molecule has 0 aliphatic rings. The monoisotopic (exact) mass is 522 g/mol. The van der Waals surface area contributed by atoms with E-state index in [9.17, 15) is 18.0 Å². The average Bonchev–Trinajstić information content (AvgIpc) is 3.23. The smallest absolute Gasteiger partial charge is 0.475 e. The first-order valence-electron chi connectivity index (χ1n) is 11.3. The molecular weight excluding hydrogens is 501 g/mol. The Kier molecular flexibility index (Phi) is 7.61. The molecule has 0 saturated carbocycles. The fourth-order valence-corrected chi connectivity index (χ4v) is 3.68. The predicted molar refractivity (Wildman–Crippen MR) is 132 cm³/mol. The number of nitrogens with one attached hydrogen (secondary N) is 1. The summed E-state index contributed by atoms with van der Waals surface area (Å²) in [6.45, 7) is 2.99. The van der Waals surface area contributed by atoms with Crippen LogP contribution in [-0.4, -0.2) is 47.9 Å². The Morgan fingerprint density at radius 3 is 2.37 bits per heavy atom. The number of hydrogen-bond donors (Lipinski definition) is 2. The molecule has 0 bridgehead atoms. The van der Waals surface area contributed by atoms with Crippen LogP contribution < -0.4 is 5.32 Å². The van der Waals surface area contributed by atoms with Crippen molar-refractivity contribution in [1.82, 2.24) is 30.0 Å². The Balaban J connectivity index is 0.000000426. The largest absolute Gasteiger partial charge is 0.490 e.